The zero-order chi connectivity index (χ0) is 73.4. The molecule has 0 bridgehead atoms. The summed E-state index contributed by atoms with van der Waals surface area (Å²) in [7, 11) is 0. The maximum absolute atomic E-state index is 13.0. The van der Waals surface area contributed by atoms with Crippen molar-refractivity contribution < 1.29 is 93.8 Å². The van der Waals surface area contributed by atoms with E-state index in [-0.39, 0.29) is 78.4 Å². The minimum Gasteiger partial charge on any atom is -0.394 e. The fraction of sp³-hybridized carbons (Fsp3) is 0.597. The Labute approximate surface area is 568 Å². The van der Waals surface area contributed by atoms with Crippen molar-refractivity contribution in [3.05, 3.63) is 148 Å². The summed E-state index contributed by atoms with van der Waals surface area (Å²) in [6.07, 6.45) is -9.72. The molecule has 7 rings (SSSR count). The summed E-state index contributed by atoms with van der Waals surface area (Å²) in [6.45, 7) is 19.8. The predicted octanol–water partition coefficient (Wildman–Crippen LogP) is 8.84. The number of unbranched alkanes of at least 4 members (excludes halogenated alkanes) is 1. The molecule has 2 aliphatic rings. The van der Waals surface area contributed by atoms with Crippen LogP contribution in [0.2, 0.25) is 0 Å². The number of ketones is 1. The summed E-state index contributed by atoms with van der Waals surface area (Å²) in [5.74, 6) is -0.223. The SMILES string of the molecule is C.C.CC(C)(C)C(=O)[C@H](CCCCNc1ccc([N+](=O)[O-])cc1[N+](=O)[O-])Nc1ccc([N+](=O)[O-])cc1[N+](=O)[O-].CC(C)(C)CC[C@@H]1OC(CO)[C@H](O)[C@H](O[C@@H]2OC(CO)[C@H](O)[C@H](O)C2O)C1O.CCc1ccc([N+](=O)[O-])c2nonc12.Cc1cc([N+](=O)[O-])cc([N+](=O)[O-])c1CC(C)(C)C. The summed E-state index contributed by atoms with van der Waals surface area (Å²) >= 11 is 0. The molecule has 3 heterocycles. The van der Waals surface area contributed by atoms with Crippen LogP contribution in [0.25, 0.3) is 11.0 Å². The van der Waals surface area contributed by atoms with Gasteiger partial charge in [0.25, 0.3) is 34.1 Å². The van der Waals surface area contributed by atoms with Gasteiger partial charge in [0.05, 0.1) is 78.0 Å². The lowest BCUT2D eigenvalue weighted by Gasteiger charge is -2.46. The zero-order valence-corrected chi connectivity index (χ0v) is 55.1. The van der Waals surface area contributed by atoms with Gasteiger partial charge >= 0.3 is 5.69 Å². The minimum atomic E-state index is -1.67. The number of nitrogens with zero attached hydrogens (tertiary/aromatic N) is 9. The number of Topliss-reactive ketones (excluding diaryl/α,β-unsaturated/α-hetero) is 1. The van der Waals surface area contributed by atoms with E-state index in [9.17, 15) is 111 Å². The maximum atomic E-state index is 13.0. The lowest BCUT2D eigenvalue weighted by molar-refractivity contribution is -0.394. The van der Waals surface area contributed by atoms with Crippen molar-refractivity contribution in [3.63, 3.8) is 0 Å². The molecular formula is C62H91N11O26. The lowest BCUT2D eigenvalue weighted by Crippen LogP contribution is -2.64. The van der Waals surface area contributed by atoms with E-state index in [1.807, 2.05) is 48.5 Å². The van der Waals surface area contributed by atoms with E-state index in [2.05, 4.69) is 25.6 Å². The predicted molar refractivity (Wildman–Crippen MR) is 358 cm³/mol. The number of aromatic nitrogens is 2. The fourth-order valence-corrected chi connectivity index (χ4v) is 10.1. The molecule has 0 spiro atoms. The Morgan fingerprint density at radius 1 is 0.576 bits per heavy atom. The third-order valence-electron chi connectivity index (χ3n) is 15.3. The molecule has 1 aromatic heterocycles. The van der Waals surface area contributed by atoms with Crippen LogP contribution in [0, 0.1) is 94.0 Å². The Bertz CT molecular complexity index is 3590. The van der Waals surface area contributed by atoms with Crippen molar-refractivity contribution in [2.75, 3.05) is 30.4 Å². The van der Waals surface area contributed by atoms with Crippen LogP contribution < -0.4 is 10.6 Å². The van der Waals surface area contributed by atoms with Crippen LogP contribution in [-0.2, 0) is 31.8 Å². The summed E-state index contributed by atoms with van der Waals surface area (Å²) in [4.78, 5) is 85.3. The Hall–Kier alpha value is -9.05. The van der Waals surface area contributed by atoms with E-state index in [0.29, 0.717) is 48.7 Å². The third kappa shape index (κ3) is 24.1. The Morgan fingerprint density at radius 3 is 1.56 bits per heavy atom. The number of anilines is 2. The second-order valence-electron chi connectivity index (χ2n) is 26.3. The van der Waals surface area contributed by atoms with E-state index in [1.54, 1.807) is 33.8 Å². The van der Waals surface area contributed by atoms with Gasteiger partial charge in [-0.25, -0.2) is 4.63 Å². The van der Waals surface area contributed by atoms with Gasteiger partial charge in [-0.1, -0.05) is 84.1 Å². The maximum Gasteiger partial charge on any atom is 0.300 e. The van der Waals surface area contributed by atoms with Crippen LogP contribution in [0.3, 0.4) is 0 Å². The molecule has 99 heavy (non-hydrogen) atoms. The van der Waals surface area contributed by atoms with E-state index in [0.717, 1.165) is 42.3 Å². The van der Waals surface area contributed by atoms with Crippen molar-refractivity contribution in [1.29, 1.82) is 0 Å². The van der Waals surface area contributed by atoms with Crippen LogP contribution in [-0.4, -0.2) is 173 Å². The van der Waals surface area contributed by atoms with Gasteiger partial charge in [-0.2, -0.15) is 0 Å². The average Bonchev–Trinajstić information content (AvgIpc) is 1.67. The summed E-state index contributed by atoms with van der Waals surface area (Å²) in [5, 5.41) is 160. The first kappa shape index (κ1) is 86.0. The van der Waals surface area contributed by atoms with Crippen molar-refractivity contribution in [2.24, 2.45) is 16.2 Å². The highest BCUT2D eigenvalue weighted by Crippen LogP contribution is 2.37. The Morgan fingerprint density at radius 2 is 1.07 bits per heavy atom. The Kier molecular flexibility index (Phi) is 32.4. The first-order valence-corrected chi connectivity index (χ1v) is 30.4. The molecule has 4 unspecified atom stereocenters. The zero-order valence-electron chi connectivity index (χ0n) is 55.1. The van der Waals surface area contributed by atoms with Crippen LogP contribution in [0.4, 0.5) is 51.2 Å². The third-order valence-corrected chi connectivity index (χ3v) is 15.3. The van der Waals surface area contributed by atoms with Gasteiger partial charge in [-0.15, -0.1) is 0 Å². The van der Waals surface area contributed by atoms with Gasteiger partial charge in [0, 0.05) is 41.8 Å². The molecule has 9 N–H and O–H groups in total. The number of hydrogen-bond acceptors (Lipinski definition) is 30. The highest BCUT2D eigenvalue weighted by Gasteiger charge is 2.50. The normalized spacial score (nSPS) is 20.8. The van der Waals surface area contributed by atoms with E-state index in [4.69, 9.17) is 14.2 Å². The number of aliphatic hydroxyl groups is 7. The van der Waals surface area contributed by atoms with Gasteiger partial charge in [-0.05, 0) is 102 Å². The highest BCUT2D eigenvalue weighted by molar-refractivity contribution is 5.91. The molecule has 2 aliphatic heterocycles. The number of non-ortho nitro benzene ring substituents is 4. The van der Waals surface area contributed by atoms with Crippen LogP contribution in [0.1, 0.15) is 133 Å². The number of hydrogen-bond donors (Lipinski definition) is 9. The number of nitrogens with one attached hydrogen (secondary N) is 2. The monoisotopic (exact) mass is 1410 g/mol. The second-order valence-corrected chi connectivity index (χ2v) is 26.3. The number of aliphatic hydroxyl groups excluding tert-OH is 7. The molecule has 11 atom stereocenters. The first-order valence-electron chi connectivity index (χ1n) is 30.4. The standard InChI is InChI=1S/C22H26N6O9.C18H34O10.C12H16N2O4.C8H7N3O3.2CH4/c1-22(2,3)21(29)18(24-17-10-8-15(26(32)33)13-20(17)28(36)37)6-4-5-11-23-16-9-7-14(25(30)31)12-19(16)27(34)35;1-18(2,3)5-4-8-12(22)16(13(23)10(7-20)26-8)28-17-15(25)14(24)11(21)9(6-19)27-17;1-8-5-9(13(15)16)6-11(14(17)18)10(8)7-12(2,3)4;1-2-5-3-4-6(11(12)13)8-7(5)9-14-10-8;;/h7-10,12-13,18,23-24H,4-6,11H2,1-3H3;8-17,19-25H,4-7H2,1-3H3;5-6H,7H2,1-4H3;3-4H,2H2,1H3;2*1H4/t18-;8-,9?,10?,11-,12?,13-,14-,15?,16+,17-;;;;/m00..../s1. The van der Waals surface area contributed by atoms with Gasteiger partial charge in [0.1, 0.15) is 65.7 Å². The number of aryl methyl sites for hydroxylation is 2. The number of ether oxygens (including phenoxy) is 3. The molecule has 550 valence electrons. The molecule has 0 radical (unpaired) electrons. The quantitative estimate of drug-likeness (QED) is 0.0158. The summed E-state index contributed by atoms with van der Waals surface area (Å²) in [6, 6.07) is 11.0. The summed E-state index contributed by atoms with van der Waals surface area (Å²) in [5.41, 5.74) is -0.434. The molecule has 2 saturated heterocycles. The Balaban J connectivity index is 0.000000473. The minimum absolute atomic E-state index is 0. The topological polar surface area (TPSA) is 551 Å². The van der Waals surface area contributed by atoms with E-state index in [1.165, 1.54) is 24.3 Å². The van der Waals surface area contributed by atoms with E-state index >= 15 is 0 Å². The number of carbonyl (C=O) groups is 1. The molecular weight excluding hydrogens is 1310 g/mol. The lowest BCUT2D eigenvalue weighted by atomic mass is 9.84. The van der Waals surface area contributed by atoms with Gasteiger partial charge in [0.15, 0.2) is 12.1 Å². The molecule has 4 aromatic carbocycles. The van der Waals surface area contributed by atoms with Crippen molar-refractivity contribution >= 4 is 68.0 Å². The molecule has 37 nitrogen and oxygen atoms in total. The van der Waals surface area contributed by atoms with Crippen LogP contribution in [0.5, 0.6) is 0 Å². The number of nitro groups is 7. The largest absolute Gasteiger partial charge is 0.394 e. The molecule has 0 aliphatic carbocycles. The average molecular weight is 1410 g/mol. The second kappa shape index (κ2) is 37.2. The smallest absolute Gasteiger partial charge is 0.300 e. The van der Waals surface area contributed by atoms with Crippen LogP contribution >= 0.6 is 0 Å². The molecule has 37 heteroatoms. The molecule has 0 saturated carbocycles. The van der Waals surface area contributed by atoms with Crippen molar-refractivity contribution in [2.45, 2.75) is 203 Å². The van der Waals surface area contributed by atoms with E-state index < -0.39 is 143 Å². The fourth-order valence-electron chi connectivity index (χ4n) is 10.1. The van der Waals surface area contributed by atoms with Gasteiger partial charge in [-0.3, -0.25) is 75.6 Å². The van der Waals surface area contributed by atoms with Crippen LogP contribution in [0.15, 0.2) is 65.3 Å². The number of benzene rings is 4. The molecule has 5 aromatic rings. The van der Waals surface area contributed by atoms with Gasteiger partial charge in [0.2, 0.25) is 5.52 Å². The van der Waals surface area contributed by atoms with Crippen molar-refractivity contribution in [3.8, 4) is 0 Å². The number of fused-ring (bicyclic) bond motifs is 1. The number of nitro benzene ring substituents is 7. The summed E-state index contributed by atoms with van der Waals surface area (Å²) < 4.78 is 21.0. The van der Waals surface area contributed by atoms with Crippen molar-refractivity contribution in [1.82, 2.24) is 10.3 Å². The molecule has 0 amide bonds. The molecule has 2 fully saturated rings. The van der Waals surface area contributed by atoms with Gasteiger partial charge < -0.3 is 60.6 Å². The highest BCUT2D eigenvalue weighted by atomic mass is 16.7. The first-order chi connectivity index (χ1) is 45.1. The number of carbonyl (C=O) groups excluding carboxylic acids is 1. The number of rotatable bonds is 24.